The van der Waals surface area contributed by atoms with Crippen molar-refractivity contribution >= 4 is 17.7 Å². The maximum absolute atomic E-state index is 11.2. The van der Waals surface area contributed by atoms with Crippen LogP contribution in [0.5, 0.6) is 0 Å². The van der Waals surface area contributed by atoms with E-state index in [4.69, 9.17) is 15.2 Å². The molecule has 0 aromatic heterocycles. The first-order valence-corrected chi connectivity index (χ1v) is 5.49. The van der Waals surface area contributed by atoms with Crippen LogP contribution in [-0.4, -0.2) is 37.4 Å². The number of methoxy groups -OCH3 is 1. The van der Waals surface area contributed by atoms with Gasteiger partial charge in [0.05, 0.1) is 0 Å². The van der Waals surface area contributed by atoms with Gasteiger partial charge in [0.15, 0.2) is 6.29 Å². The molecule has 5 heteroatoms. The molecule has 0 fully saturated rings. The van der Waals surface area contributed by atoms with Crippen LogP contribution in [0.1, 0.15) is 13.3 Å². The Morgan fingerprint density at radius 1 is 1.62 bits per heavy atom. The van der Waals surface area contributed by atoms with Crippen LogP contribution in [0.15, 0.2) is 0 Å². The van der Waals surface area contributed by atoms with Gasteiger partial charge in [-0.05, 0) is 25.4 Å². The number of rotatable bonds is 6. The first-order valence-electron chi connectivity index (χ1n) is 4.09. The number of nitrogens with two attached hydrogens (primary N) is 1. The van der Waals surface area contributed by atoms with E-state index in [-0.39, 0.29) is 0 Å². The highest BCUT2D eigenvalue weighted by Gasteiger charge is 2.16. The molecule has 0 aliphatic carbocycles. The molecule has 2 N–H and O–H groups in total. The molecule has 0 spiro atoms. The molecule has 0 aromatic rings. The van der Waals surface area contributed by atoms with E-state index >= 15 is 0 Å². The minimum atomic E-state index is -0.537. The Bertz CT molecular complexity index is 154. The third-order valence-electron chi connectivity index (χ3n) is 1.55. The summed E-state index contributed by atoms with van der Waals surface area (Å²) in [5.74, 6) is 0.459. The Kier molecular flexibility index (Phi) is 7.03. The lowest BCUT2D eigenvalue weighted by atomic mass is 10.2. The van der Waals surface area contributed by atoms with E-state index in [1.54, 1.807) is 18.7 Å². The molecule has 0 rings (SSSR count). The van der Waals surface area contributed by atoms with Gasteiger partial charge in [0.25, 0.3) is 0 Å². The van der Waals surface area contributed by atoms with Gasteiger partial charge >= 0.3 is 5.97 Å². The van der Waals surface area contributed by atoms with Gasteiger partial charge in [0.2, 0.25) is 0 Å². The van der Waals surface area contributed by atoms with E-state index in [0.717, 1.165) is 5.75 Å². The second-order valence-electron chi connectivity index (χ2n) is 2.63. The van der Waals surface area contributed by atoms with Gasteiger partial charge in [0.1, 0.15) is 6.04 Å². The van der Waals surface area contributed by atoms with E-state index in [1.807, 2.05) is 6.26 Å². The van der Waals surface area contributed by atoms with Crippen LogP contribution in [0.3, 0.4) is 0 Å². The van der Waals surface area contributed by atoms with Gasteiger partial charge in [-0.25, -0.2) is 0 Å². The lowest BCUT2D eigenvalue weighted by Crippen LogP contribution is -2.35. The number of hydrogen-bond acceptors (Lipinski definition) is 5. The molecule has 0 aliphatic heterocycles. The molecule has 13 heavy (non-hydrogen) atoms. The predicted molar refractivity (Wildman–Crippen MR) is 53.5 cm³/mol. The van der Waals surface area contributed by atoms with Crippen LogP contribution in [0.4, 0.5) is 0 Å². The van der Waals surface area contributed by atoms with Crippen molar-refractivity contribution in [3.8, 4) is 0 Å². The molecule has 4 nitrogen and oxygen atoms in total. The van der Waals surface area contributed by atoms with Crippen molar-refractivity contribution in [3.63, 3.8) is 0 Å². The molecule has 2 atom stereocenters. The van der Waals surface area contributed by atoms with Gasteiger partial charge < -0.3 is 15.2 Å². The van der Waals surface area contributed by atoms with Gasteiger partial charge in [-0.2, -0.15) is 11.8 Å². The van der Waals surface area contributed by atoms with E-state index in [0.29, 0.717) is 6.42 Å². The Morgan fingerprint density at radius 2 is 2.23 bits per heavy atom. The summed E-state index contributed by atoms with van der Waals surface area (Å²) in [6, 6.07) is -0.537. The highest BCUT2D eigenvalue weighted by atomic mass is 32.2. The Balaban J connectivity index is 3.68. The fourth-order valence-corrected chi connectivity index (χ4v) is 1.15. The van der Waals surface area contributed by atoms with Crippen LogP contribution in [-0.2, 0) is 14.3 Å². The molecular formula is C8H17NO3S. The molecule has 0 bridgehead atoms. The molecule has 0 radical (unpaired) electrons. The number of ether oxygens (including phenoxy) is 2. The maximum atomic E-state index is 11.2. The normalized spacial score (nSPS) is 15.1. The smallest absolute Gasteiger partial charge is 0.325 e. The highest BCUT2D eigenvalue weighted by molar-refractivity contribution is 7.98. The van der Waals surface area contributed by atoms with Gasteiger partial charge in [-0.3, -0.25) is 4.79 Å². The fourth-order valence-electron chi connectivity index (χ4n) is 0.662. The van der Waals surface area contributed by atoms with Crippen LogP contribution in [0.25, 0.3) is 0 Å². The number of carbonyl (C=O) groups is 1. The summed E-state index contributed by atoms with van der Waals surface area (Å²) in [7, 11) is 1.48. The summed E-state index contributed by atoms with van der Waals surface area (Å²) in [6.07, 6.45) is 2.08. The molecule has 2 unspecified atom stereocenters. The van der Waals surface area contributed by atoms with Crippen molar-refractivity contribution < 1.29 is 14.3 Å². The van der Waals surface area contributed by atoms with Gasteiger partial charge in [-0.15, -0.1) is 0 Å². The van der Waals surface area contributed by atoms with Crippen molar-refractivity contribution in [2.45, 2.75) is 25.7 Å². The molecule has 0 amide bonds. The van der Waals surface area contributed by atoms with Crippen LogP contribution in [0.2, 0.25) is 0 Å². The Morgan fingerprint density at radius 3 is 2.69 bits per heavy atom. The first kappa shape index (κ1) is 12.7. The standard InChI is InChI=1S/C8H17NO3S/c1-6(11-2)12-8(10)7(9)4-5-13-3/h6-7H,4-5,9H2,1-3H3. The molecule has 0 aromatic carbocycles. The minimum absolute atomic E-state index is 0.400. The number of esters is 1. The number of hydrogen-bond donors (Lipinski definition) is 1. The lowest BCUT2D eigenvalue weighted by Gasteiger charge is -2.14. The molecule has 78 valence electrons. The number of carbonyl (C=O) groups excluding carboxylic acids is 1. The summed E-state index contributed by atoms with van der Waals surface area (Å²) < 4.78 is 9.63. The SMILES string of the molecule is COC(C)OC(=O)C(N)CCSC. The topological polar surface area (TPSA) is 61.5 Å². The average Bonchev–Trinajstić information content (AvgIpc) is 2.13. The molecule has 0 heterocycles. The van der Waals surface area contributed by atoms with Crippen molar-refractivity contribution in [1.29, 1.82) is 0 Å². The Labute approximate surface area is 83.1 Å². The predicted octanol–water partition coefficient (Wildman–Crippen LogP) is 0.602. The zero-order valence-corrected chi connectivity index (χ0v) is 9.10. The fraction of sp³-hybridized carbons (Fsp3) is 0.875. The molecule has 0 saturated heterocycles. The lowest BCUT2D eigenvalue weighted by molar-refractivity contribution is -0.171. The summed E-state index contributed by atoms with van der Waals surface area (Å²) in [6.45, 7) is 1.65. The summed E-state index contributed by atoms with van der Waals surface area (Å²) in [5, 5.41) is 0. The van der Waals surface area contributed by atoms with E-state index in [1.165, 1.54) is 7.11 Å². The summed E-state index contributed by atoms with van der Waals surface area (Å²) >= 11 is 1.65. The second kappa shape index (κ2) is 7.17. The number of thioether (sulfide) groups is 1. The first-order chi connectivity index (χ1) is 6.11. The van der Waals surface area contributed by atoms with Crippen LogP contribution in [0, 0.1) is 0 Å². The zero-order valence-electron chi connectivity index (χ0n) is 8.28. The summed E-state index contributed by atoms with van der Waals surface area (Å²) in [5.41, 5.74) is 5.56. The van der Waals surface area contributed by atoms with Crippen molar-refractivity contribution in [1.82, 2.24) is 0 Å². The van der Waals surface area contributed by atoms with Crippen molar-refractivity contribution in [2.24, 2.45) is 5.73 Å². The largest absolute Gasteiger partial charge is 0.435 e. The van der Waals surface area contributed by atoms with Crippen LogP contribution >= 0.6 is 11.8 Å². The molecule has 0 aliphatic rings. The second-order valence-corrected chi connectivity index (χ2v) is 3.61. The van der Waals surface area contributed by atoms with Gasteiger partial charge in [-0.1, -0.05) is 0 Å². The summed E-state index contributed by atoms with van der Waals surface area (Å²) in [4.78, 5) is 11.2. The van der Waals surface area contributed by atoms with Crippen molar-refractivity contribution in [2.75, 3.05) is 19.1 Å². The zero-order chi connectivity index (χ0) is 10.3. The average molecular weight is 207 g/mol. The van der Waals surface area contributed by atoms with Crippen LogP contribution < -0.4 is 5.73 Å². The molecular weight excluding hydrogens is 190 g/mol. The maximum Gasteiger partial charge on any atom is 0.325 e. The van der Waals surface area contributed by atoms with E-state index < -0.39 is 18.3 Å². The third-order valence-corrected chi connectivity index (χ3v) is 2.19. The van der Waals surface area contributed by atoms with Crippen molar-refractivity contribution in [3.05, 3.63) is 0 Å². The Hall–Kier alpha value is -0.260. The molecule has 0 saturated carbocycles. The van der Waals surface area contributed by atoms with Gasteiger partial charge in [0, 0.05) is 7.11 Å². The minimum Gasteiger partial charge on any atom is -0.435 e. The monoisotopic (exact) mass is 207 g/mol. The van der Waals surface area contributed by atoms with E-state index in [2.05, 4.69) is 0 Å². The van der Waals surface area contributed by atoms with E-state index in [9.17, 15) is 4.79 Å². The highest BCUT2D eigenvalue weighted by Crippen LogP contribution is 2.02. The third kappa shape index (κ3) is 5.90. The quantitative estimate of drug-likeness (QED) is 0.510.